The van der Waals surface area contributed by atoms with Crippen LogP contribution in [-0.4, -0.2) is 30.8 Å². The van der Waals surface area contributed by atoms with Crippen molar-refractivity contribution < 1.29 is 23.9 Å². The Morgan fingerprint density at radius 1 is 1.07 bits per heavy atom. The van der Waals surface area contributed by atoms with Crippen molar-refractivity contribution in [2.24, 2.45) is 0 Å². The Morgan fingerprint density at radius 3 is 2.43 bits per heavy atom. The molecule has 2 aromatic rings. The molecule has 0 bridgehead atoms. The molecular formula is C19H21ClN2O5S. The number of halogens is 1. The largest absolute Gasteiger partial charge is 0.493 e. The maximum atomic E-state index is 12.2. The molecule has 0 saturated carbocycles. The SMILES string of the molecule is COc1cc(C(=O)NNC(=O)CCC(=O)c2ccc(Cl)s2)ccc1OC(C)C. The summed E-state index contributed by atoms with van der Waals surface area (Å²) in [4.78, 5) is 36.5. The van der Waals surface area contributed by atoms with E-state index in [0.29, 0.717) is 20.7 Å². The van der Waals surface area contributed by atoms with E-state index in [1.807, 2.05) is 13.8 Å². The smallest absolute Gasteiger partial charge is 0.269 e. The van der Waals surface area contributed by atoms with Crippen LogP contribution in [-0.2, 0) is 4.79 Å². The number of Topliss-reactive ketones (excluding diaryl/α,β-unsaturated/α-hetero) is 1. The van der Waals surface area contributed by atoms with Crippen LogP contribution < -0.4 is 20.3 Å². The highest BCUT2D eigenvalue weighted by Gasteiger charge is 2.14. The van der Waals surface area contributed by atoms with Crippen LogP contribution in [0.15, 0.2) is 30.3 Å². The highest BCUT2D eigenvalue weighted by molar-refractivity contribution is 7.18. The van der Waals surface area contributed by atoms with Crippen LogP contribution >= 0.6 is 22.9 Å². The first-order valence-electron chi connectivity index (χ1n) is 8.52. The van der Waals surface area contributed by atoms with E-state index in [0.717, 1.165) is 11.3 Å². The third-order valence-electron chi connectivity index (χ3n) is 3.53. The van der Waals surface area contributed by atoms with Gasteiger partial charge in [0.15, 0.2) is 17.3 Å². The molecule has 0 aliphatic carbocycles. The van der Waals surface area contributed by atoms with Gasteiger partial charge in [-0.05, 0) is 44.2 Å². The van der Waals surface area contributed by atoms with Gasteiger partial charge < -0.3 is 9.47 Å². The molecule has 1 aromatic carbocycles. The van der Waals surface area contributed by atoms with Gasteiger partial charge in [-0.1, -0.05) is 11.6 Å². The zero-order valence-electron chi connectivity index (χ0n) is 15.7. The quantitative estimate of drug-likeness (QED) is 0.498. The summed E-state index contributed by atoms with van der Waals surface area (Å²) in [5.74, 6) is -0.239. The molecule has 0 spiro atoms. The van der Waals surface area contributed by atoms with Crippen LogP contribution in [0.4, 0.5) is 0 Å². The lowest BCUT2D eigenvalue weighted by atomic mass is 10.2. The van der Waals surface area contributed by atoms with Crippen molar-refractivity contribution in [2.75, 3.05) is 7.11 Å². The number of hydrazine groups is 1. The summed E-state index contributed by atoms with van der Waals surface area (Å²) in [5, 5.41) is 0. The Bertz CT molecular complexity index is 866. The molecule has 0 unspecified atom stereocenters. The first kappa shape index (κ1) is 21.7. The normalized spacial score (nSPS) is 10.5. The van der Waals surface area contributed by atoms with E-state index in [2.05, 4.69) is 10.9 Å². The number of benzene rings is 1. The van der Waals surface area contributed by atoms with Crippen molar-refractivity contribution in [3.63, 3.8) is 0 Å². The van der Waals surface area contributed by atoms with Gasteiger partial charge in [0.1, 0.15) is 0 Å². The summed E-state index contributed by atoms with van der Waals surface area (Å²) in [5.41, 5.74) is 4.89. The molecule has 0 saturated heterocycles. The maximum Gasteiger partial charge on any atom is 0.269 e. The van der Waals surface area contributed by atoms with Crippen LogP contribution in [0.25, 0.3) is 0 Å². The second-order valence-electron chi connectivity index (χ2n) is 6.06. The lowest BCUT2D eigenvalue weighted by Gasteiger charge is -2.14. The Hall–Kier alpha value is -2.58. The summed E-state index contributed by atoms with van der Waals surface area (Å²) < 4.78 is 11.3. The molecule has 0 aliphatic rings. The van der Waals surface area contributed by atoms with Gasteiger partial charge in [0.25, 0.3) is 5.91 Å². The number of amides is 2. The second-order valence-corrected chi connectivity index (χ2v) is 7.78. The van der Waals surface area contributed by atoms with Gasteiger partial charge in [-0.15, -0.1) is 11.3 Å². The van der Waals surface area contributed by atoms with Crippen LogP contribution in [0.3, 0.4) is 0 Å². The third-order valence-corrected chi connectivity index (χ3v) is 4.80. The van der Waals surface area contributed by atoms with Crippen molar-refractivity contribution in [1.29, 1.82) is 0 Å². The Labute approximate surface area is 171 Å². The molecule has 1 aromatic heterocycles. The van der Waals surface area contributed by atoms with Gasteiger partial charge in [-0.25, -0.2) is 0 Å². The number of rotatable bonds is 8. The number of carbonyl (C=O) groups is 3. The fourth-order valence-electron chi connectivity index (χ4n) is 2.24. The predicted octanol–water partition coefficient (Wildman–Crippen LogP) is 3.62. The lowest BCUT2D eigenvalue weighted by molar-refractivity contribution is -0.121. The average molecular weight is 425 g/mol. The van der Waals surface area contributed by atoms with Gasteiger partial charge in [-0.3, -0.25) is 25.2 Å². The molecule has 0 atom stereocenters. The number of methoxy groups -OCH3 is 1. The Kier molecular flexibility index (Phi) is 7.83. The molecule has 150 valence electrons. The second kappa shape index (κ2) is 10.1. The summed E-state index contributed by atoms with van der Waals surface area (Å²) in [6, 6.07) is 7.95. The van der Waals surface area contributed by atoms with Crippen molar-refractivity contribution >= 4 is 40.5 Å². The van der Waals surface area contributed by atoms with Crippen molar-refractivity contribution in [3.05, 3.63) is 45.1 Å². The average Bonchev–Trinajstić information content (AvgIpc) is 3.10. The number of ketones is 1. The Morgan fingerprint density at radius 2 is 1.82 bits per heavy atom. The first-order valence-corrected chi connectivity index (χ1v) is 9.72. The maximum absolute atomic E-state index is 12.2. The van der Waals surface area contributed by atoms with Gasteiger partial charge in [0.05, 0.1) is 22.4 Å². The topological polar surface area (TPSA) is 93.7 Å². The predicted molar refractivity (Wildman–Crippen MR) is 107 cm³/mol. The zero-order chi connectivity index (χ0) is 20.7. The van der Waals surface area contributed by atoms with Crippen LogP contribution in [0.1, 0.15) is 46.7 Å². The van der Waals surface area contributed by atoms with Crippen LogP contribution in [0.5, 0.6) is 11.5 Å². The van der Waals surface area contributed by atoms with Gasteiger partial charge >= 0.3 is 0 Å². The van der Waals surface area contributed by atoms with Gasteiger partial charge in [0.2, 0.25) is 5.91 Å². The molecule has 0 aliphatic heterocycles. The first-order chi connectivity index (χ1) is 13.3. The number of ether oxygens (including phenoxy) is 2. The van der Waals surface area contributed by atoms with E-state index in [-0.39, 0.29) is 30.3 Å². The molecule has 9 heteroatoms. The molecule has 1 heterocycles. The van der Waals surface area contributed by atoms with Crippen molar-refractivity contribution in [1.82, 2.24) is 10.9 Å². The number of hydrogen-bond donors (Lipinski definition) is 2. The molecule has 2 amide bonds. The summed E-state index contributed by atoms with van der Waals surface area (Å²) in [6.45, 7) is 3.76. The third kappa shape index (κ3) is 6.24. The van der Waals surface area contributed by atoms with Gasteiger partial charge in [0, 0.05) is 18.4 Å². The fraction of sp³-hybridized carbons (Fsp3) is 0.316. The summed E-state index contributed by atoms with van der Waals surface area (Å²) >= 11 is 6.95. The Balaban J connectivity index is 1.85. The van der Waals surface area contributed by atoms with Crippen LogP contribution in [0.2, 0.25) is 4.34 Å². The molecule has 7 nitrogen and oxygen atoms in total. The van der Waals surface area contributed by atoms with Crippen LogP contribution in [0, 0.1) is 0 Å². The number of carbonyl (C=O) groups excluding carboxylic acids is 3. The van der Waals surface area contributed by atoms with E-state index in [4.69, 9.17) is 21.1 Å². The molecule has 2 N–H and O–H groups in total. The number of hydrogen-bond acceptors (Lipinski definition) is 6. The standard InChI is InChI=1S/C19H21ClN2O5S/c1-11(2)27-14-6-4-12(10-15(14)26-3)19(25)22-21-18(24)9-5-13(23)16-7-8-17(20)28-16/h4,6-8,10-11H,5,9H2,1-3H3,(H,21,24)(H,22,25). The van der Waals surface area contributed by atoms with E-state index >= 15 is 0 Å². The zero-order valence-corrected chi connectivity index (χ0v) is 17.3. The van der Waals surface area contributed by atoms with E-state index in [1.165, 1.54) is 13.2 Å². The number of thiophene rings is 1. The molecule has 28 heavy (non-hydrogen) atoms. The minimum absolute atomic E-state index is 0.0214. The summed E-state index contributed by atoms with van der Waals surface area (Å²) in [7, 11) is 1.48. The highest BCUT2D eigenvalue weighted by Crippen LogP contribution is 2.29. The fourth-order valence-corrected chi connectivity index (χ4v) is 3.25. The van der Waals surface area contributed by atoms with E-state index in [9.17, 15) is 14.4 Å². The highest BCUT2D eigenvalue weighted by atomic mass is 35.5. The minimum atomic E-state index is -0.515. The monoisotopic (exact) mass is 424 g/mol. The summed E-state index contributed by atoms with van der Waals surface area (Å²) in [6.07, 6.45) is -0.0759. The molecule has 0 fully saturated rings. The van der Waals surface area contributed by atoms with Crippen molar-refractivity contribution in [3.8, 4) is 11.5 Å². The van der Waals surface area contributed by atoms with E-state index < -0.39 is 11.8 Å². The van der Waals surface area contributed by atoms with Gasteiger partial charge in [-0.2, -0.15) is 0 Å². The lowest BCUT2D eigenvalue weighted by Crippen LogP contribution is -2.41. The van der Waals surface area contributed by atoms with E-state index in [1.54, 1.807) is 24.3 Å². The van der Waals surface area contributed by atoms with Crippen molar-refractivity contribution in [2.45, 2.75) is 32.8 Å². The molecule has 0 radical (unpaired) electrons. The minimum Gasteiger partial charge on any atom is -0.493 e. The molecular weight excluding hydrogens is 404 g/mol. The number of nitrogens with one attached hydrogen (secondary N) is 2. The molecule has 2 rings (SSSR count).